The minimum atomic E-state index is -0.564. The number of hydrogen-bond donors (Lipinski definition) is 0. The van der Waals surface area contributed by atoms with Gasteiger partial charge in [0.15, 0.2) is 0 Å². The molecule has 1 aromatic rings. The van der Waals surface area contributed by atoms with Crippen molar-refractivity contribution in [1.82, 2.24) is 0 Å². The molecule has 3 nitrogen and oxygen atoms in total. The molecule has 0 N–H and O–H groups in total. The number of hydrogen-bond acceptors (Lipinski definition) is 2. The zero-order valence-electron chi connectivity index (χ0n) is 10.1. The van der Waals surface area contributed by atoms with Gasteiger partial charge in [-0.1, -0.05) is 18.6 Å². The van der Waals surface area contributed by atoms with Gasteiger partial charge in [0.2, 0.25) is 0 Å². The second-order valence-electron chi connectivity index (χ2n) is 4.45. The lowest BCUT2D eigenvalue weighted by molar-refractivity contribution is 0.0834. The van der Waals surface area contributed by atoms with Crippen LogP contribution in [0.1, 0.15) is 37.7 Å². The van der Waals surface area contributed by atoms with Crippen LogP contribution in [0.4, 0.5) is 9.18 Å². The average molecular weight is 249 g/mol. The summed E-state index contributed by atoms with van der Waals surface area (Å²) in [7, 11) is 0. The van der Waals surface area contributed by atoms with Gasteiger partial charge in [-0.2, -0.15) is 4.99 Å². The number of amides is 1. The summed E-state index contributed by atoms with van der Waals surface area (Å²) in [5.74, 6) is -0.308. The zero-order chi connectivity index (χ0) is 12.8. The van der Waals surface area contributed by atoms with Crippen molar-refractivity contribution in [2.75, 3.05) is 0 Å². The van der Waals surface area contributed by atoms with Crippen molar-refractivity contribution in [2.45, 2.75) is 38.2 Å². The van der Waals surface area contributed by atoms with Crippen LogP contribution in [0, 0.1) is 5.82 Å². The Bertz CT molecular complexity index is 422. The van der Waals surface area contributed by atoms with E-state index in [2.05, 4.69) is 4.99 Å². The summed E-state index contributed by atoms with van der Waals surface area (Å²) in [5.41, 5.74) is 0.678. The first-order valence-electron chi connectivity index (χ1n) is 6.24. The molecule has 2 rings (SSSR count). The highest BCUT2D eigenvalue weighted by molar-refractivity contribution is 5.88. The van der Waals surface area contributed by atoms with Gasteiger partial charge >= 0.3 is 6.09 Å². The molecule has 0 radical (unpaired) electrons. The first-order valence-corrected chi connectivity index (χ1v) is 6.24. The molecule has 0 heterocycles. The molecule has 1 aliphatic carbocycles. The molecular formula is C14H16FNO2. The summed E-state index contributed by atoms with van der Waals surface area (Å²) in [4.78, 5) is 15.2. The number of carbonyl (C=O) groups is 1. The standard InChI is InChI=1S/C14H16FNO2/c15-12-8-6-11(7-9-12)10-16-14(17)18-13-4-2-1-3-5-13/h6-10,13H,1-5H2. The largest absolute Gasteiger partial charge is 0.445 e. The number of rotatable bonds is 2. The maximum absolute atomic E-state index is 12.7. The molecular weight excluding hydrogens is 233 g/mol. The zero-order valence-corrected chi connectivity index (χ0v) is 10.1. The van der Waals surface area contributed by atoms with E-state index in [1.807, 2.05) is 0 Å². The summed E-state index contributed by atoms with van der Waals surface area (Å²) >= 11 is 0. The Labute approximate surface area is 106 Å². The predicted octanol–water partition coefficient (Wildman–Crippen LogP) is 3.71. The van der Waals surface area contributed by atoms with Gasteiger partial charge in [0.25, 0.3) is 0 Å². The van der Waals surface area contributed by atoms with Gasteiger partial charge in [0.1, 0.15) is 11.9 Å². The highest BCUT2D eigenvalue weighted by atomic mass is 19.1. The van der Waals surface area contributed by atoms with E-state index in [1.165, 1.54) is 24.8 Å². The quantitative estimate of drug-likeness (QED) is 0.749. The van der Waals surface area contributed by atoms with Gasteiger partial charge in [-0.15, -0.1) is 0 Å². The van der Waals surface area contributed by atoms with Crippen molar-refractivity contribution in [1.29, 1.82) is 0 Å². The Balaban J connectivity index is 1.84. The minimum Gasteiger partial charge on any atom is -0.445 e. The maximum atomic E-state index is 12.7. The Morgan fingerprint density at radius 1 is 1.22 bits per heavy atom. The lowest BCUT2D eigenvalue weighted by atomic mass is 9.98. The monoisotopic (exact) mass is 249 g/mol. The maximum Gasteiger partial charge on any atom is 0.433 e. The summed E-state index contributed by atoms with van der Waals surface area (Å²) in [6.45, 7) is 0. The lowest BCUT2D eigenvalue weighted by Gasteiger charge is -2.20. The second-order valence-corrected chi connectivity index (χ2v) is 4.45. The molecule has 0 bridgehead atoms. The molecule has 1 fully saturated rings. The molecule has 0 atom stereocenters. The summed E-state index contributed by atoms with van der Waals surface area (Å²) < 4.78 is 17.9. The first-order chi connectivity index (χ1) is 8.74. The van der Waals surface area contributed by atoms with Crippen molar-refractivity contribution in [3.05, 3.63) is 35.6 Å². The molecule has 96 valence electrons. The van der Waals surface area contributed by atoms with Crippen LogP contribution in [0.3, 0.4) is 0 Å². The predicted molar refractivity (Wildman–Crippen MR) is 67.3 cm³/mol. The van der Waals surface area contributed by atoms with E-state index < -0.39 is 6.09 Å². The van der Waals surface area contributed by atoms with Crippen LogP contribution in [0.25, 0.3) is 0 Å². The molecule has 1 saturated carbocycles. The van der Waals surface area contributed by atoms with Crippen LogP contribution in [0.15, 0.2) is 29.3 Å². The van der Waals surface area contributed by atoms with Crippen LogP contribution in [-0.4, -0.2) is 18.4 Å². The van der Waals surface area contributed by atoms with Crippen molar-refractivity contribution in [3.63, 3.8) is 0 Å². The van der Waals surface area contributed by atoms with Crippen molar-refractivity contribution in [2.24, 2.45) is 4.99 Å². The normalized spacial score (nSPS) is 16.9. The minimum absolute atomic E-state index is 0.0108. The summed E-state index contributed by atoms with van der Waals surface area (Å²) in [5, 5.41) is 0. The van der Waals surface area contributed by atoms with Crippen LogP contribution in [-0.2, 0) is 4.74 Å². The van der Waals surface area contributed by atoms with E-state index in [4.69, 9.17) is 4.74 Å². The van der Waals surface area contributed by atoms with E-state index in [-0.39, 0.29) is 11.9 Å². The third-order valence-corrected chi connectivity index (χ3v) is 3.01. The van der Waals surface area contributed by atoms with E-state index in [9.17, 15) is 9.18 Å². The van der Waals surface area contributed by atoms with Crippen LogP contribution >= 0.6 is 0 Å². The molecule has 0 spiro atoms. The molecule has 1 aromatic carbocycles. The van der Waals surface area contributed by atoms with E-state index in [0.717, 1.165) is 25.7 Å². The van der Waals surface area contributed by atoms with Gasteiger partial charge < -0.3 is 4.74 Å². The molecule has 1 aliphatic rings. The number of halogens is 1. The first kappa shape index (κ1) is 12.7. The number of nitrogens with zero attached hydrogens (tertiary/aromatic N) is 1. The summed E-state index contributed by atoms with van der Waals surface area (Å²) in [6.07, 6.45) is 6.13. The highest BCUT2D eigenvalue weighted by Crippen LogP contribution is 2.20. The average Bonchev–Trinajstić information content (AvgIpc) is 2.39. The topological polar surface area (TPSA) is 38.7 Å². The Kier molecular flexibility index (Phi) is 4.45. The molecule has 1 amide bonds. The fourth-order valence-electron chi connectivity index (χ4n) is 2.03. The van der Waals surface area contributed by atoms with Gasteiger partial charge in [-0.25, -0.2) is 9.18 Å². The molecule has 18 heavy (non-hydrogen) atoms. The molecule has 0 unspecified atom stereocenters. The van der Waals surface area contributed by atoms with E-state index >= 15 is 0 Å². The Hall–Kier alpha value is -1.71. The van der Waals surface area contributed by atoms with Gasteiger partial charge in [0.05, 0.1) is 0 Å². The Morgan fingerprint density at radius 2 is 1.89 bits per heavy atom. The fraction of sp³-hybridized carbons (Fsp3) is 0.429. The van der Waals surface area contributed by atoms with Crippen molar-refractivity contribution >= 4 is 12.3 Å². The number of ether oxygens (including phenoxy) is 1. The number of carbonyl (C=O) groups excluding carboxylic acids is 1. The highest BCUT2D eigenvalue weighted by Gasteiger charge is 2.16. The van der Waals surface area contributed by atoms with Crippen molar-refractivity contribution in [3.8, 4) is 0 Å². The smallest absolute Gasteiger partial charge is 0.433 e. The van der Waals surface area contributed by atoms with Crippen molar-refractivity contribution < 1.29 is 13.9 Å². The third-order valence-electron chi connectivity index (χ3n) is 3.01. The number of aliphatic imine (C=N–C) groups is 1. The van der Waals surface area contributed by atoms with E-state index in [0.29, 0.717) is 5.56 Å². The van der Waals surface area contributed by atoms with E-state index in [1.54, 1.807) is 12.1 Å². The molecule has 4 heteroatoms. The van der Waals surface area contributed by atoms with Gasteiger partial charge in [-0.05, 0) is 43.4 Å². The Morgan fingerprint density at radius 3 is 2.56 bits per heavy atom. The number of benzene rings is 1. The van der Waals surface area contributed by atoms with Crippen LogP contribution in [0.2, 0.25) is 0 Å². The lowest BCUT2D eigenvalue weighted by Crippen LogP contribution is -2.19. The van der Waals surface area contributed by atoms with Crippen LogP contribution < -0.4 is 0 Å². The third kappa shape index (κ3) is 3.95. The fourth-order valence-corrected chi connectivity index (χ4v) is 2.03. The second kappa shape index (κ2) is 6.28. The molecule has 0 aliphatic heterocycles. The SMILES string of the molecule is O=C(N=Cc1ccc(F)cc1)OC1CCCCC1. The van der Waals surface area contributed by atoms with Crippen LogP contribution in [0.5, 0.6) is 0 Å². The molecule has 0 aromatic heterocycles. The van der Waals surface area contributed by atoms with Gasteiger partial charge in [0, 0.05) is 6.21 Å². The summed E-state index contributed by atoms with van der Waals surface area (Å²) in [6, 6.07) is 5.78. The van der Waals surface area contributed by atoms with Gasteiger partial charge in [-0.3, -0.25) is 0 Å². The molecule has 0 saturated heterocycles.